The molecule has 2 aliphatic rings. The predicted molar refractivity (Wildman–Crippen MR) is 102 cm³/mol. The summed E-state index contributed by atoms with van der Waals surface area (Å²) in [6, 6.07) is 7.24. The molecule has 1 aliphatic heterocycles. The van der Waals surface area contributed by atoms with Gasteiger partial charge in [0.25, 0.3) is 5.91 Å². The first kappa shape index (κ1) is 19.1. The number of nitrogens with zero attached hydrogens (tertiary/aromatic N) is 1. The molecule has 1 aromatic rings. The van der Waals surface area contributed by atoms with Gasteiger partial charge in [0.2, 0.25) is 5.91 Å². The lowest BCUT2D eigenvalue weighted by Gasteiger charge is -2.33. The highest BCUT2D eigenvalue weighted by atomic mass is 32.2. The molecule has 5 nitrogen and oxygen atoms in total. The molecule has 1 N–H and O–H groups in total. The molecular weight excluding hydrogens is 348 g/mol. The summed E-state index contributed by atoms with van der Waals surface area (Å²) < 4.78 is 11.5. The average Bonchev–Trinajstić information content (AvgIpc) is 2.68. The van der Waals surface area contributed by atoms with Crippen LogP contribution in [0.15, 0.2) is 29.2 Å². The number of carbonyl (C=O) groups excluding carboxylic acids is 2. The third kappa shape index (κ3) is 4.72. The van der Waals surface area contributed by atoms with E-state index in [1.54, 1.807) is 35.4 Å². The number of likely N-dealkylation sites (tertiary alicyclic amines) is 1. The summed E-state index contributed by atoms with van der Waals surface area (Å²) in [4.78, 5) is 27.9. The van der Waals surface area contributed by atoms with E-state index in [4.69, 9.17) is 0 Å². The lowest BCUT2D eigenvalue weighted by molar-refractivity contribution is -0.127. The van der Waals surface area contributed by atoms with Gasteiger partial charge < -0.3 is 10.2 Å². The third-order valence-corrected chi connectivity index (χ3v) is 6.40. The molecule has 0 aromatic heterocycles. The van der Waals surface area contributed by atoms with Gasteiger partial charge in [-0.1, -0.05) is 19.3 Å². The zero-order valence-electron chi connectivity index (χ0n) is 15.4. The van der Waals surface area contributed by atoms with Crippen molar-refractivity contribution in [2.24, 2.45) is 5.92 Å². The van der Waals surface area contributed by atoms with E-state index in [9.17, 15) is 13.8 Å². The average molecular weight is 377 g/mol. The van der Waals surface area contributed by atoms with Crippen LogP contribution in [0.1, 0.15) is 55.3 Å². The number of amides is 2. The van der Waals surface area contributed by atoms with Gasteiger partial charge in [-0.3, -0.25) is 13.8 Å². The van der Waals surface area contributed by atoms with E-state index in [1.807, 2.05) is 0 Å². The Bertz CT molecular complexity index is 668. The highest BCUT2D eigenvalue weighted by Gasteiger charge is 2.30. The number of carbonyl (C=O) groups is 2. The minimum absolute atomic E-state index is 0.0476. The Morgan fingerprint density at radius 1 is 1.04 bits per heavy atom. The van der Waals surface area contributed by atoms with Crippen LogP contribution in [0.25, 0.3) is 0 Å². The molecule has 26 heavy (non-hydrogen) atoms. The molecule has 0 radical (unpaired) electrons. The van der Waals surface area contributed by atoms with Crippen molar-refractivity contribution in [1.82, 2.24) is 10.2 Å². The van der Waals surface area contributed by atoms with Gasteiger partial charge in [-0.2, -0.15) is 0 Å². The smallest absolute Gasteiger partial charge is 0.253 e. The molecular formula is C20H28N2O3S. The fourth-order valence-corrected chi connectivity index (χ4v) is 4.43. The normalized spacial score (nSPS) is 22.7. The monoisotopic (exact) mass is 376 g/mol. The molecule has 1 aromatic carbocycles. The third-order valence-electron chi connectivity index (χ3n) is 5.46. The molecule has 1 heterocycles. The van der Waals surface area contributed by atoms with Crippen LogP contribution in [-0.2, 0) is 15.6 Å². The van der Waals surface area contributed by atoms with Gasteiger partial charge in [-0.05, 0) is 49.9 Å². The molecule has 2 atom stereocenters. The van der Waals surface area contributed by atoms with Crippen LogP contribution >= 0.6 is 0 Å². The van der Waals surface area contributed by atoms with Crippen LogP contribution < -0.4 is 5.32 Å². The van der Waals surface area contributed by atoms with E-state index in [0.717, 1.165) is 25.7 Å². The van der Waals surface area contributed by atoms with Gasteiger partial charge in [0.1, 0.15) is 0 Å². The van der Waals surface area contributed by atoms with Crippen molar-refractivity contribution < 1.29 is 13.8 Å². The second-order valence-electron chi connectivity index (χ2n) is 7.41. The van der Waals surface area contributed by atoms with Crippen LogP contribution in [0.4, 0.5) is 0 Å². The predicted octanol–water partition coefficient (Wildman–Crippen LogP) is 2.73. The maximum absolute atomic E-state index is 12.8. The number of hydrogen-bond acceptors (Lipinski definition) is 3. The summed E-state index contributed by atoms with van der Waals surface area (Å²) in [7, 11) is -1.05. The van der Waals surface area contributed by atoms with Crippen molar-refractivity contribution in [2.45, 2.75) is 55.9 Å². The molecule has 2 amide bonds. The van der Waals surface area contributed by atoms with E-state index in [0.29, 0.717) is 29.6 Å². The van der Waals surface area contributed by atoms with Crippen molar-refractivity contribution in [3.63, 3.8) is 0 Å². The molecule has 142 valence electrons. The highest BCUT2D eigenvalue weighted by Crippen LogP contribution is 2.22. The van der Waals surface area contributed by atoms with E-state index >= 15 is 0 Å². The maximum atomic E-state index is 12.8. The van der Waals surface area contributed by atoms with Crippen LogP contribution in [0.2, 0.25) is 0 Å². The highest BCUT2D eigenvalue weighted by molar-refractivity contribution is 7.84. The fourth-order valence-electron chi connectivity index (χ4n) is 3.91. The van der Waals surface area contributed by atoms with Crippen molar-refractivity contribution in [2.75, 3.05) is 19.3 Å². The van der Waals surface area contributed by atoms with E-state index in [2.05, 4.69) is 5.32 Å². The summed E-state index contributed by atoms with van der Waals surface area (Å²) in [5.41, 5.74) is 0.590. The summed E-state index contributed by atoms with van der Waals surface area (Å²) in [6.07, 6.45) is 9.12. The van der Waals surface area contributed by atoms with E-state index in [1.165, 1.54) is 19.3 Å². The molecule has 1 aliphatic carbocycles. The molecule has 1 saturated heterocycles. The van der Waals surface area contributed by atoms with Gasteiger partial charge in [-0.25, -0.2) is 0 Å². The Morgan fingerprint density at radius 3 is 2.38 bits per heavy atom. The topological polar surface area (TPSA) is 66.5 Å². The van der Waals surface area contributed by atoms with Crippen LogP contribution in [0, 0.1) is 5.92 Å². The quantitative estimate of drug-likeness (QED) is 0.879. The Morgan fingerprint density at radius 2 is 1.73 bits per heavy atom. The second kappa shape index (κ2) is 8.80. The Hall–Kier alpha value is -1.69. The summed E-state index contributed by atoms with van der Waals surface area (Å²) in [5, 5.41) is 3.20. The van der Waals surface area contributed by atoms with E-state index < -0.39 is 10.8 Å². The Kier molecular flexibility index (Phi) is 6.46. The number of rotatable bonds is 4. The largest absolute Gasteiger partial charge is 0.353 e. The van der Waals surface area contributed by atoms with Gasteiger partial charge in [0.05, 0.1) is 5.92 Å². The molecule has 2 fully saturated rings. The molecule has 1 saturated carbocycles. The lowest BCUT2D eigenvalue weighted by atomic mass is 9.93. The first-order valence-corrected chi connectivity index (χ1v) is 11.1. The van der Waals surface area contributed by atoms with Crippen LogP contribution in [-0.4, -0.2) is 46.3 Å². The van der Waals surface area contributed by atoms with Gasteiger partial charge >= 0.3 is 0 Å². The number of piperidine rings is 1. The van der Waals surface area contributed by atoms with Gasteiger partial charge in [-0.15, -0.1) is 0 Å². The lowest BCUT2D eigenvalue weighted by Crippen LogP contribution is -2.47. The zero-order valence-corrected chi connectivity index (χ0v) is 16.2. The minimum atomic E-state index is -1.05. The fraction of sp³-hybridized carbons (Fsp3) is 0.600. The Labute approximate surface area is 158 Å². The molecule has 0 spiro atoms. The zero-order chi connectivity index (χ0) is 18.5. The van der Waals surface area contributed by atoms with Crippen molar-refractivity contribution in [3.8, 4) is 0 Å². The van der Waals surface area contributed by atoms with Crippen molar-refractivity contribution in [3.05, 3.63) is 29.8 Å². The van der Waals surface area contributed by atoms with E-state index in [-0.39, 0.29) is 17.7 Å². The molecule has 3 rings (SSSR count). The maximum Gasteiger partial charge on any atom is 0.253 e. The second-order valence-corrected chi connectivity index (χ2v) is 8.79. The van der Waals surface area contributed by atoms with Crippen molar-refractivity contribution in [1.29, 1.82) is 0 Å². The minimum Gasteiger partial charge on any atom is -0.353 e. The SMILES string of the molecule is CS(=O)c1ccc(C(=O)N2CCCC(C(=O)NC3CCCCC3)C2)cc1. The number of hydrogen-bond donors (Lipinski definition) is 1. The van der Waals surface area contributed by atoms with Gasteiger partial charge in [0, 0.05) is 46.6 Å². The number of benzene rings is 1. The Balaban J connectivity index is 1.59. The molecule has 0 bridgehead atoms. The van der Waals surface area contributed by atoms with Crippen LogP contribution in [0.3, 0.4) is 0 Å². The van der Waals surface area contributed by atoms with Gasteiger partial charge in [0.15, 0.2) is 0 Å². The number of nitrogens with one attached hydrogen (secondary N) is 1. The summed E-state index contributed by atoms with van der Waals surface area (Å²) >= 11 is 0. The standard InChI is InChI=1S/C20H28N2O3S/c1-26(25)18-11-9-15(10-12-18)20(24)22-13-5-6-16(14-22)19(23)21-17-7-3-2-4-8-17/h9-12,16-17H,2-8,13-14H2,1H3,(H,21,23). The van der Waals surface area contributed by atoms with Crippen LogP contribution in [0.5, 0.6) is 0 Å². The van der Waals surface area contributed by atoms with Crippen molar-refractivity contribution >= 4 is 22.6 Å². The molecule has 6 heteroatoms. The molecule has 2 unspecified atom stereocenters. The first-order valence-electron chi connectivity index (χ1n) is 9.58. The first-order chi connectivity index (χ1) is 12.5. The summed E-state index contributed by atoms with van der Waals surface area (Å²) in [5.74, 6) is -0.0585. The summed E-state index contributed by atoms with van der Waals surface area (Å²) in [6.45, 7) is 1.17.